The first-order chi connectivity index (χ1) is 10.2. The molecule has 2 rings (SSSR count). The Morgan fingerprint density at radius 1 is 1.05 bits per heavy atom. The van der Waals surface area contributed by atoms with Gasteiger partial charge in [-0.25, -0.2) is 0 Å². The molecule has 1 unspecified atom stereocenters. The maximum atomic E-state index is 12.6. The predicted molar refractivity (Wildman–Crippen MR) is 88.9 cm³/mol. The number of hydrogen-bond acceptors (Lipinski definition) is 1. The van der Waals surface area contributed by atoms with Crippen LogP contribution in [-0.2, 0) is 4.79 Å². The van der Waals surface area contributed by atoms with E-state index in [1.165, 1.54) is 4.46 Å². The molecule has 0 saturated carbocycles. The first kappa shape index (κ1) is 15.8. The fourth-order valence-corrected chi connectivity index (χ4v) is 4.17. The van der Waals surface area contributed by atoms with Crippen LogP contribution < -0.4 is 9.78 Å². The van der Waals surface area contributed by atoms with Crippen LogP contribution in [0.15, 0.2) is 60.7 Å². The Balaban J connectivity index is 2.20. The zero-order valence-corrected chi connectivity index (χ0v) is 14.2. The second-order valence-corrected chi connectivity index (χ2v) is 7.51. The van der Waals surface area contributed by atoms with Crippen LogP contribution in [0.2, 0.25) is 0 Å². The van der Waals surface area contributed by atoms with E-state index in [2.05, 4.69) is 31.3 Å². The Morgan fingerprint density at radius 3 is 2.19 bits per heavy atom. The maximum absolute atomic E-state index is 12.6. The molecule has 21 heavy (non-hydrogen) atoms. The van der Waals surface area contributed by atoms with E-state index in [0.29, 0.717) is 0 Å². The first-order valence-electron chi connectivity index (χ1n) is 7.27. The Bertz CT molecular complexity index is 556. The third-order valence-electron chi connectivity index (χ3n) is 3.34. The second kappa shape index (κ2) is 8.02. The Hall–Kier alpha value is -1.57. The van der Waals surface area contributed by atoms with Gasteiger partial charge in [-0.1, -0.05) is 0 Å². The molecule has 0 radical (unpaired) electrons. The van der Waals surface area contributed by atoms with E-state index in [0.717, 1.165) is 12.0 Å². The molecule has 0 saturated heterocycles. The van der Waals surface area contributed by atoms with Crippen molar-refractivity contribution in [2.45, 2.75) is 31.1 Å². The van der Waals surface area contributed by atoms with Gasteiger partial charge in [-0.05, 0) is 0 Å². The van der Waals surface area contributed by atoms with Crippen LogP contribution in [0.3, 0.4) is 0 Å². The molecule has 0 aliphatic heterocycles. The van der Waals surface area contributed by atoms with Crippen LogP contribution in [0.5, 0.6) is 0 Å². The van der Waals surface area contributed by atoms with Crippen LogP contribution >= 0.6 is 0 Å². The summed E-state index contributed by atoms with van der Waals surface area (Å²) in [6.45, 7) is 4.14. The number of benzene rings is 2. The van der Waals surface area contributed by atoms with Crippen LogP contribution in [-0.4, -0.2) is 26.9 Å². The van der Waals surface area contributed by atoms with E-state index >= 15 is 0 Å². The van der Waals surface area contributed by atoms with Crippen molar-refractivity contribution >= 4 is 25.3 Å². The fourth-order valence-electron chi connectivity index (χ4n) is 1.96. The number of nitrogens with one attached hydrogen (secondary N) is 1. The third kappa shape index (κ3) is 4.73. The Kier molecular flexibility index (Phi) is 6.03. The summed E-state index contributed by atoms with van der Waals surface area (Å²) in [4.78, 5) is 12.5. The molecular weight excluding hydrogens is 325 g/mol. The van der Waals surface area contributed by atoms with Crippen LogP contribution in [0.4, 0.5) is 0 Å². The number of rotatable bonds is 6. The molecule has 0 spiro atoms. The number of carbonyl (C=O) groups excluding carboxylic acids is 1. The van der Waals surface area contributed by atoms with Gasteiger partial charge in [0.25, 0.3) is 0 Å². The molecule has 0 fully saturated rings. The molecule has 3 heteroatoms. The monoisotopic (exact) mass is 347 g/mol. The minimum absolute atomic E-state index is 0.0740. The van der Waals surface area contributed by atoms with Crippen LogP contribution in [0.25, 0.3) is 0 Å². The number of hydrogen-bond donors (Lipinski definition) is 1. The Morgan fingerprint density at radius 2 is 1.62 bits per heavy atom. The second-order valence-electron chi connectivity index (χ2n) is 5.04. The summed E-state index contributed by atoms with van der Waals surface area (Å²) in [6.07, 6.45) is 0.950. The van der Waals surface area contributed by atoms with Gasteiger partial charge in [0.15, 0.2) is 0 Å². The molecule has 2 aromatic rings. The van der Waals surface area contributed by atoms with E-state index in [4.69, 9.17) is 0 Å². The summed E-state index contributed by atoms with van der Waals surface area (Å²) in [5, 5.41) is 3.13. The van der Waals surface area contributed by atoms with Crippen molar-refractivity contribution in [2.75, 3.05) is 0 Å². The van der Waals surface area contributed by atoms with Gasteiger partial charge in [0.05, 0.1) is 0 Å². The van der Waals surface area contributed by atoms with Gasteiger partial charge < -0.3 is 0 Å². The van der Waals surface area contributed by atoms with Crippen molar-refractivity contribution in [1.82, 2.24) is 5.32 Å². The normalized spacial score (nSPS) is 13.4. The molecular formula is C18H21NOSe. The van der Waals surface area contributed by atoms with Gasteiger partial charge in [-0.15, -0.1) is 0 Å². The average Bonchev–Trinajstić information content (AvgIpc) is 2.54. The molecule has 0 aromatic heterocycles. The van der Waals surface area contributed by atoms with Gasteiger partial charge in [0, 0.05) is 0 Å². The number of amides is 1. The molecule has 0 aliphatic rings. The molecule has 2 atom stereocenters. The summed E-state index contributed by atoms with van der Waals surface area (Å²) >= 11 is 0.0835. The van der Waals surface area contributed by atoms with E-state index in [1.807, 2.05) is 48.5 Å². The molecule has 0 heterocycles. The van der Waals surface area contributed by atoms with Crippen molar-refractivity contribution in [1.29, 1.82) is 0 Å². The van der Waals surface area contributed by atoms with E-state index in [9.17, 15) is 4.79 Å². The molecule has 2 aromatic carbocycles. The first-order valence-corrected chi connectivity index (χ1v) is 9.12. The minimum atomic E-state index is -0.0740. The number of carbonyl (C=O) groups is 1. The van der Waals surface area contributed by atoms with E-state index < -0.39 is 0 Å². The summed E-state index contributed by atoms with van der Waals surface area (Å²) in [7, 11) is 0. The zero-order valence-electron chi connectivity index (χ0n) is 12.5. The van der Waals surface area contributed by atoms with E-state index in [-0.39, 0.29) is 31.7 Å². The molecule has 110 valence electrons. The molecule has 1 amide bonds. The van der Waals surface area contributed by atoms with Gasteiger partial charge in [0.1, 0.15) is 0 Å². The summed E-state index contributed by atoms with van der Waals surface area (Å²) in [5.41, 5.74) is 1.10. The van der Waals surface area contributed by atoms with Crippen molar-refractivity contribution in [3.63, 3.8) is 0 Å². The topological polar surface area (TPSA) is 29.1 Å². The van der Waals surface area contributed by atoms with Crippen molar-refractivity contribution in [2.24, 2.45) is 0 Å². The average molecular weight is 346 g/mol. The summed E-state index contributed by atoms with van der Waals surface area (Å²) in [5.74, 6) is 0.138. The summed E-state index contributed by atoms with van der Waals surface area (Å²) < 4.78 is 1.25. The van der Waals surface area contributed by atoms with Crippen LogP contribution in [0, 0.1) is 0 Å². The Labute approximate surface area is 133 Å². The third-order valence-corrected chi connectivity index (χ3v) is 6.00. The van der Waals surface area contributed by atoms with Gasteiger partial charge in [-0.3, -0.25) is 0 Å². The van der Waals surface area contributed by atoms with Gasteiger partial charge in [0.2, 0.25) is 0 Å². The summed E-state index contributed by atoms with van der Waals surface area (Å²) in [6, 6.07) is 20.6. The molecule has 1 N–H and O–H groups in total. The zero-order chi connectivity index (χ0) is 15.1. The predicted octanol–water partition coefficient (Wildman–Crippen LogP) is 2.67. The van der Waals surface area contributed by atoms with Crippen molar-refractivity contribution in [3.05, 3.63) is 66.2 Å². The standard InChI is InChI=1S/C18H21NOSe/c1-3-14(2)19-18(20)17(15-10-6-4-7-11-15)21-16-12-8-5-9-13-16/h4-14,17H,3H2,1-2H3,(H,19,20)/t14?,17-/m0/s1. The SMILES string of the molecule is CCC(C)NC(=O)[C@@H]([Se]c1ccccc1)c1ccccc1. The molecule has 2 nitrogen and oxygen atoms in total. The van der Waals surface area contributed by atoms with Crippen molar-refractivity contribution < 1.29 is 4.79 Å². The van der Waals surface area contributed by atoms with Crippen LogP contribution in [0.1, 0.15) is 30.6 Å². The fraction of sp³-hybridized carbons (Fsp3) is 0.278. The molecule has 0 bridgehead atoms. The van der Waals surface area contributed by atoms with Gasteiger partial charge >= 0.3 is 133 Å². The van der Waals surface area contributed by atoms with Gasteiger partial charge in [-0.2, -0.15) is 0 Å². The quantitative estimate of drug-likeness (QED) is 0.801. The molecule has 0 aliphatic carbocycles. The van der Waals surface area contributed by atoms with E-state index in [1.54, 1.807) is 0 Å². The van der Waals surface area contributed by atoms with Crippen molar-refractivity contribution in [3.8, 4) is 0 Å².